The summed E-state index contributed by atoms with van der Waals surface area (Å²) in [6.07, 6.45) is 5.19. The van der Waals surface area contributed by atoms with Crippen molar-refractivity contribution in [1.29, 1.82) is 0 Å². The van der Waals surface area contributed by atoms with Gasteiger partial charge >= 0.3 is 0 Å². The standard InChI is InChI=1S/C13H18N4O/c14-17-11-3-1-2-10(16-11)12(18)15-8-13(6-7-13)9-4-5-9/h1-3,9H,4-8,14H2,(H,15,18)(H,16,17). The van der Waals surface area contributed by atoms with Crippen LogP contribution in [0.4, 0.5) is 5.82 Å². The molecular weight excluding hydrogens is 228 g/mol. The molecule has 2 aliphatic rings. The number of hydrogen-bond acceptors (Lipinski definition) is 4. The van der Waals surface area contributed by atoms with Crippen LogP contribution in [0.3, 0.4) is 0 Å². The highest BCUT2D eigenvalue weighted by Gasteiger charge is 2.53. The number of rotatable bonds is 5. The van der Waals surface area contributed by atoms with Crippen molar-refractivity contribution in [2.45, 2.75) is 25.7 Å². The van der Waals surface area contributed by atoms with Gasteiger partial charge in [-0.3, -0.25) is 4.79 Å². The van der Waals surface area contributed by atoms with Crippen molar-refractivity contribution in [2.75, 3.05) is 12.0 Å². The Morgan fingerprint density at radius 2 is 2.22 bits per heavy atom. The molecule has 1 amide bonds. The van der Waals surface area contributed by atoms with Gasteiger partial charge in [0.25, 0.3) is 5.91 Å². The summed E-state index contributed by atoms with van der Waals surface area (Å²) >= 11 is 0. The topological polar surface area (TPSA) is 80.0 Å². The molecule has 0 aliphatic heterocycles. The quantitative estimate of drug-likeness (QED) is 0.540. The van der Waals surface area contributed by atoms with Crippen LogP contribution in [0.2, 0.25) is 0 Å². The van der Waals surface area contributed by atoms with Gasteiger partial charge in [0.15, 0.2) is 0 Å². The van der Waals surface area contributed by atoms with E-state index in [1.807, 2.05) is 0 Å². The molecule has 2 aliphatic carbocycles. The van der Waals surface area contributed by atoms with E-state index in [4.69, 9.17) is 5.84 Å². The van der Waals surface area contributed by atoms with Crippen molar-refractivity contribution in [1.82, 2.24) is 10.3 Å². The second-order valence-electron chi connectivity index (χ2n) is 5.37. The SMILES string of the molecule is NNc1cccc(C(=O)NCC2(C3CC3)CC2)n1. The summed E-state index contributed by atoms with van der Waals surface area (Å²) in [6.45, 7) is 0.790. The zero-order valence-electron chi connectivity index (χ0n) is 10.3. The minimum absolute atomic E-state index is 0.112. The molecule has 0 radical (unpaired) electrons. The smallest absolute Gasteiger partial charge is 0.269 e. The number of carbonyl (C=O) groups excluding carboxylic acids is 1. The van der Waals surface area contributed by atoms with Gasteiger partial charge in [-0.1, -0.05) is 6.07 Å². The van der Waals surface area contributed by atoms with Crippen LogP contribution in [0.1, 0.15) is 36.2 Å². The number of nitrogen functional groups attached to an aromatic ring is 1. The van der Waals surface area contributed by atoms with Crippen LogP contribution in [0, 0.1) is 11.3 Å². The Bertz CT molecular complexity index is 466. The van der Waals surface area contributed by atoms with E-state index in [1.165, 1.54) is 25.7 Å². The van der Waals surface area contributed by atoms with Gasteiger partial charge in [-0.2, -0.15) is 0 Å². The molecule has 0 aromatic carbocycles. The normalized spacial score (nSPS) is 20.3. The third-order valence-corrected chi connectivity index (χ3v) is 4.07. The van der Waals surface area contributed by atoms with Crippen LogP contribution in [0.5, 0.6) is 0 Å². The van der Waals surface area contributed by atoms with Crippen LogP contribution in [-0.2, 0) is 0 Å². The Labute approximate surface area is 106 Å². The average molecular weight is 246 g/mol. The lowest BCUT2D eigenvalue weighted by atomic mass is 10.0. The molecule has 5 nitrogen and oxygen atoms in total. The van der Waals surface area contributed by atoms with Gasteiger partial charge in [0.1, 0.15) is 11.5 Å². The predicted octanol–water partition coefficient (Wildman–Crippen LogP) is 1.29. The third kappa shape index (κ3) is 2.18. The Morgan fingerprint density at radius 3 is 2.83 bits per heavy atom. The van der Waals surface area contributed by atoms with Gasteiger partial charge < -0.3 is 10.7 Å². The van der Waals surface area contributed by atoms with Crippen molar-refractivity contribution in [3.05, 3.63) is 23.9 Å². The van der Waals surface area contributed by atoms with E-state index in [9.17, 15) is 4.79 Å². The first-order chi connectivity index (χ1) is 8.73. The van der Waals surface area contributed by atoms with Crippen molar-refractivity contribution in [2.24, 2.45) is 17.2 Å². The lowest BCUT2D eigenvalue weighted by molar-refractivity contribution is 0.0938. The minimum atomic E-state index is -0.112. The molecule has 1 aromatic rings. The number of hydrogen-bond donors (Lipinski definition) is 3. The monoisotopic (exact) mass is 246 g/mol. The van der Waals surface area contributed by atoms with Crippen molar-refractivity contribution in [3.63, 3.8) is 0 Å². The number of nitrogens with two attached hydrogens (primary N) is 1. The molecule has 2 saturated carbocycles. The molecular formula is C13H18N4O. The third-order valence-electron chi connectivity index (χ3n) is 4.07. The van der Waals surface area contributed by atoms with Crippen LogP contribution in [-0.4, -0.2) is 17.4 Å². The zero-order valence-corrected chi connectivity index (χ0v) is 10.3. The second-order valence-corrected chi connectivity index (χ2v) is 5.37. The zero-order chi connectivity index (χ0) is 12.6. The fourth-order valence-corrected chi connectivity index (χ4v) is 2.57. The van der Waals surface area contributed by atoms with Gasteiger partial charge in [-0.25, -0.2) is 10.8 Å². The predicted molar refractivity (Wildman–Crippen MR) is 68.8 cm³/mol. The van der Waals surface area contributed by atoms with Crippen molar-refractivity contribution >= 4 is 11.7 Å². The van der Waals surface area contributed by atoms with Crippen LogP contribution in [0.25, 0.3) is 0 Å². The van der Waals surface area contributed by atoms with E-state index in [1.54, 1.807) is 18.2 Å². The summed E-state index contributed by atoms with van der Waals surface area (Å²) in [6, 6.07) is 5.20. The molecule has 2 fully saturated rings. The number of nitrogens with zero attached hydrogens (tertiary/aromatic N) is 1. The van der Waals surface area contributed by atoms with Gasteiger partial charge in [0, 0.05) is 6.54 Å². The largest absolute Gasteiger partial charge is 0.350 e. The average Bonchev–Trinajstić information content (AvgIpc) is 3.28. The summed E-state index contributed by atoms with van der Waals surface area (Å²) < 4.78 is 0. The highest BCUT2D eigenvalue weighted by molar-refractivity contribution is 5.92. The molecule has 1 heterocycles. The Morgan fingerprint density at radius 1 is 1.44 bits per heavy atom. The van der Waals surface area contributed by atoms with Crippen LogP contribution in [0.15, 0.2) is 18.2 Å². The maximum Gasteiger partial charge on any atom is 0.269 e. The van der Waals surface area contributed by atoms with Crippen molar-refractivity contribution in [3.8, 4) is 0 Å². The maximum atomic E-state index is 12.0. The number of anilines is 1. The van der Waals surface area contributed by atoms with E-state index in [2.05, 4.69) is 15.7 Å². The number of nitrogens with one attached hydrogen (secondary N) is 2. The summed E-state index contributed by atoms with van der Waals surface area (Å²) in [4.78, 5) is 16.1. The van der Waals surface area contributed by atoms with Gasteiger partial charge in [0.05, 0.1) is 0 Å². The first-order valence-corrected chi connectivity index (χ1v) is 6.45. The number of aromatic nitrogens is 1. The molecule has 0 spiro atoms. The minimum Gasteiger partial charge on any atom is -0.350 e. The second kappa shape index (κ2) is 4.24. The summed E-state index contributed by atoms with van der Waals surface area (Å²) in [5.74, 6) is 6.52. The van der Waals surface area contributed by atoms with Crippen molar-refractivity contribution < 1.29 is 4.79 Å². The van der Waals surface area contributed by atoms with E-state index in [-0.39, 0.29) is 5.91 Å². The highest BCUT2D eigenvalue weighted by atomic mass is 16.1. The molecule has 5 heteroatoms. The maximum absolute atomic E-state index is 12.0. The van der Waals surface area contributed by atoms with Gasteiger partial charge in [0.2, 0.25) is 0 Å². The highest BCUT2D eigenvalue weighted by Crippen LogP contribution is 2.60. The van der Waals surface area contributed by atoms with E-state index in [0.717, 1.165) is 12.5 Å². The molecule has 0 bridgehead atoms. The first-order valence-electron chi connectivity index (χ1n) is 6.45. The lowest BCUT2D eigenvalue weighted by Gasteiger charge is -2.14. The van der Waals surface area contributed by atoms with Crippen LogP contribution >= 0.6 is 0 Å². The van der Waals surface area contributed by atoms with E-state index < -0.39 is 0 Å². The first kappa shape index (κ1) is 11.5. The number of pyridine rings is 1. The molecule has 1 aromatic heterocycles. The molecule has 4 N–H and O–H groups in total. The molecule has 18 heavy (non-hydrogen) atoms. The van der Waals surface area contributed by atoms with Crippen LogP contribution < -0.4 is 16.6 Å². The number of amides is 1. The fourth-order valence-electron chi connectivity index (χ4n) is 2.57. The molecule has 0 unspecified atom stereocenters. The van der Waals surface area contributed by atoms with E-state index in [0.29, 0.717) is 16.9 Å². The summed E-state index contributed by atoms with van der Waals surface area (Å²) in [5.41, 5.74) is 3.27. The van der Waals surface area contributed by atoms with E-state index >= 15 is 0 Å². The molecule has 0 saturated heterocycles. The Balaban J connectivity index is 1.60. The molecule has 96 valence electrons. The Kier molecular flexibility index (Phi) is 2.70. The number of hydrazine groups is 1. The molecule has 0 atom stereocenters. The van der Waals surface area contributed by atoms with Gasteiger partial charge in [-0.05, 0) is 49.1 Å². The fraction of sp³-hybridized carbons (Fsp3) is 0.538. The summed E-state index contributed by atoms with van der Waals surface area (Å²) in [5, 5.41) is 3.00. The lowest BCUT2D eigenvalue weighted by Crippen LogP contribution is -2.31. The molecule has 3 rings (SSSR count). The number of carbonyl (C=O) groups is 1. The Hall–Kier alpha value is -1.62. The summed E-state index contributed by atoms with van der Waals surface area (Å²) in [7, 11) is 0. The van der Waals surface area contributed by atoms with Gasteiger partial charge in [-0.15, -0.1) is 0 Å².